The van der Waals surface area contributed by atoms with Crippen LogP contribution < -0.4 is 5.56 Å². The number of fused-ring (bicyclic) bond motifs is 2. The maximum atomic E-state index is 13.4. The first kappa shape index (κ1) is 19.4. The lowest BCUT2D eigenvalue weighted by molar-refractivity contribution is -0.384. The molecule has 0 amide bonds. The molecule has 0 atom stereocenters. The standard InChI is InChI=1S/C26H17N3O3/c30-26-23-10-3-4-11-24(23)27-25(15-12-18-6-5-9-22(16-18)29(31)32)28(26)21-14-13-19-7-1-2-8-20(19)17-21/h1-17H/b15-12+. The molecule has 154 valence electrons. The quantitative estimate of drug-likeness (QED) is 0.280. The van der Waals surface area contributed by atoms with Crippen molar-refractivity contribution in [1.29, 1.82) is 0 Å². The highest BCUT2D eigenvalue weighted by molar-refractivity contribution is 5.85. The van der Waals surface area contributed by atoms with E-state index in [4.69, 9.17) is 4.98 Å². The second-order valence-electron chi connectivity index (χ2n) is 7.34. The summed E-state index contributed by atoms with van der Waals surface area (Å²) in [7, 11) is 0. The lowest BCUT2D eigenvalue weighted by atomic mass is 10.1. The van der Waals surface area contributed by atoms with E-state index >= 15 is 0 Å². The number of hydrogen-bond acceptors (Lipinski definition) is 4. The Morgan fingerprint density at radius 2 is 1.59 bits per heavy atom. The van der Waals surface area contributed by atoms with Crippen molar-refractivity contribution < 1.29 is 4.92 Å². The van der Waals surface area contributed by atoms with Crippen LogP contribution in [0.2, 0.25) is 0 Å². The van der Waals surface area contributed by atoms with E-state index in [9.17, 15) is 14.9 Å². The minimum Gasteiger partial charge on any atom is -0.268 e. The lowest BCUT2D eigenvalue weighted by Crippen LogP contribution is -2.22. The van der Waals surface area contributed by atoms with Gasteiger partial charge in [0.05, 0.1) is 21.5 Å². The summed E-state index contributed by atoms with van der Waals surface area (Å²) in [6.07, 6.45) is 3.43. The van der Waals surface area contributed by atoms with Gasteiger partial charge in [0.2, 0.25) is 0 Å². The third-order valence-corrected chi connectivity index (χ3v) is 5.30. The summed E-state index contributed by atoms with van der Waals surface area (Å²) < 4.78 is 1.57. The van der Waals surface area contributed by atoms with Crippen molar-refractivity contribution in [3.05, 3.63) is 123 Å². The van der Waals surface area contributed by atoms with Crippen LogP contribution in [0.3, 0.4) is 0 Å². The molecule has 0 radical (unpaired) electrons. The summed E-state index contributed by atoms with van der Waals surface area (Å²) in [5.41, 5.74) is 1.76. The molecule has 0 N–H and O–H groups in total. The van der Waals surface area contributed by atoms with Gasteiger partial charge in [-0.25, -0.2) is 4.98 Å². The van der Waals surface area contributed by atoms with Gasteiger partial charge >= 0.3 is 0 Å². The summed E-state index contributed by atoms with van der Waals surface area (Å²) in [6, 6.07) is 27.3. The van der Waals surface area contributed by atoms with Crippen LogP contribution in [0.1, 0.15) is 11.4 Å². The molecule has 0 spiro atoms. The first-order valence-electron chi connectivity index (χ1n) is 10.0. The number of non-ortho nitro benzene ring substituents is 1. The first-order chi connectivity index (χ1) is 15.6. The van der Waals surface area contributed by atoms with Gasteiger partial charge in [0.1, 0.15) is 5.82 Å². The van der Waals surface area contributed by atoms with E-state index in [0.717, 1.165) is 10.8 Å². The summed E-state index contributed by atoms with van der Waals surface area (Å²) in [4.78, 5) is 28.8. The van der Waals surface area contributed by atoms with Gasteiger partial charge < -0.3 is 0 Å². The second-order valence-corrected chi connectivity index (χ2v) is 7.34. The molecule has 1 aromatic heterocycles. The van der Waals surface area contributed by atoms with Crippen molar-refractivity contribution in [2.75, 3.05) is 0 Å². The Bertz CT molecular complexity index is 1590. The molecule has 6 heteroatoms. The number of hydrogen-bond donors (Lipinski definition) is 0. The fourth-order valence-corrected chi connectivity index (χ4v) is 3.74. The molecule has 5 aromatic rings. The Kier molecular flexibility index (Phi) is 4.80. The Hall–Kier alpha value is -4.58. The molecule has 0 aliphatic rings. The van der Waals surface area contributed by atoms with Gasteiger partial charge in [-0.1, -0.05) is 60.7 Å². The summed E-state index contributed by atoms with van der Waals surface area (Å²) in [6.45, 7) is 0. The fourth-order valence-electron chi connectivity index (χ4n) is 3.74. The number of aromatic nitrogens is 2. The highest BCUT2D eigenvalue weighted by Crippen LogP contribution is 2.21. The Labute approximate surface area is 182 Å². The summed E-state index contributed by atoms with van der Waals surface area (Å²) in [5, 5.41) is 13.7. The van der Waals surface area contributed by atoms with E-state index in [-0.39, 0.29) is 11.2 Å². The summed E-state index contributed by atoms with van der Waals surface area (Å²) >= 11 is 0. The topological polar surface area (TPSA) is 78.0 Å². The highest BCUT2D eigenvalue weighted by Gasteiger charge is 2.12. The predicted octanol–water partition coefficient (Wildman–Crippen LogP) is 5.62. The molecule has 32 heavy (non-hydrogen) atoms. The molecule has 0 saturated heterocycles. The lowest BCUT2D eigenvalue weighted by Gasteiger charge is -2.12. The Morgan fingerprint density at radius 3 is 2.44 bits per heavy atom. The predicted molar refractivity (Wildman–Crippen MR) is 127 cm³/mol. The molecule has 0 unspecified atom stereocenters. The minimum atomic E-state index is -0.434. The van der Waals surface area contributed by atoms with E-state index in [1.807, 2.05) is 54.6 Å². The number of nitro groups is 1. The van der Waals surface area contributed by atoms with E-state index < -0.39 is 4.92 Å². The Morgan fingerprint density at radius 1 is 0.812 bits per heavy atom. The molecular formula is C26H17N3O3. The maximum absolute atomic E-state index is 13.4. The van der Waals surface area contributed by atoms with Crippen LogP contribution in [0.25, 0.3) is 39.5 Å². The van der Waals surface area contributed by atoms with Crippen LogP contribution in [0.5, 0.6) is 0 Å². The molecule has 1 heterocycles. The van der Waals surface area contributed by atoms with Crippen molar-refractivity contribution in [3.63, 3.8) is 0 Å². The normalized spacial score (nSPS) is 11.4. The maximum Gasteiger partial charge on any atom is 0.270 e. The summed E-state index contributed by atoms with van der Waals surface area (Å²) in [5.74, 6) is 0.440. The van der Waals surface area contributed by atoms with Gasteiger partial charge in [-0.2, -0.15) is 0 Å². The van der Waals surface area contributed by atoms with Gasteiger partial charge in [0.15, 0.2) is 0 Å². The van der Waals surface area contributed by atoms with Crippen molar-refractivity contribution in [1.82, 2.24) is 9.55 Å². The van der Waals surface area contributed by atoms with Crippen LogP contribution in [0, 0.1) is 10.1 Å². The zero-order chi connectivity index (χ0) is 22.1. The third kappa shape index (κ3) is 3.54. The molecule has 6 nitrogen and oxygen atoms in total. The van der Waals surface area contributed by atoms with E-state index in [1.54, 1.807) is 41.0 Å². The molecule has 0 saturated carbocycles. The molecule has 0 bridgehead atoms. The zero-order valence-corrected chi connectivity index (χ0v) is 16.9. The van der Waals surface area contributed by atoms with Gasteiger partial charge in [-0.05, 0) is 46.7 Å². The number of para-hydroxylation sites is 1. The zero-order valence-electron chi connectivity index (χ0n) is 16.9. The third-order valence-electron chi connectivity index (χ3n) is 5.30. The largest absolute Gasteiger partial charge is 0.270 e. The van der Waals surface area contributed by atoms with Crippen LogP contribution in [-0.4, -0.2) is 14.5 Å². The average Bonchev–Trinajstić information content (AvgIpc) is 2.83. The first-order valence-corrected chi connectivity index (χ1v) is 10.0. The van der Waals surface area contributed by atoms with E-state index in [1.165, 1.54) is 12.1 Å². The van der Waals surface area contributed by atoms with Gasteiger partial charge in [-0.15, -0.1) is 0 Å². The van der Waals surface area contributed by atoms with Crippen LogP contribution >= 0.6 is 0 Å². The van der Waals surface area contributed by atoms with Crippen LogP contribution in [0.4, 0.5) is 5.69 Å². The van der Waals surface area contributed by atoms with Gasteiger partial charge in [0.25, 0.3) is 11.2 Å². The minimum absolute atomic E-state index is 0.00513. The van der Waals surface area contributed by atoms with Gasteiger partial charge in [-0.3, -0.25) is 19.5 Å². The van der Waals surface area contributed by atoms with Crippen molar-refractivity contribution in [2.24, 2.45) is 0 Å². The highest BCUT2D eigenvalue weighted by atomic mass is 16.6. The van der Waals surface area contributed by atoms with Gasteiger partial charge in [0, 0.05) is 12.1 Å². The molecule has 4 aromatic carbocycles. The second kappa shape index (κ2) is 7.92. The van der Waals surface area contributed by atoms with Crippen molar-refractivity contribution in [2.45, 2.75) is 0 Å². The molecular weight excluding hydrogens is 402 g/mol. The molecule has 0 fully saturated rings. The number of nitrogens with zero attached hydrogens (tertiary/aromatic N) is 3. The SMILES string of the molecule is O=c1c2ccccc2nc(/C=C/c2cccc([N+](=O)[O-])c2)n1-c1ccc2ccccc2c1. The molecule has 0 aliphatic carbocycles. The fraction of sp³-hybridized carbons (Fsp3) is 0. The smallest absolute Gasteiger partial charge is 0.268 e. The average molecular weight is 419 g/mol. The van der Waals surface area contributed by atoms with Crippen molar-refractivity contribution in [3.8, 4) is 5.69 Å². The number of rotatable bonds is 4. The van der Waals surface area contributed by atoms with E-state index in [2.05, 4.69) is 0 Å². The number of benzene rings is 4. The Balaban J connectivity index is 1.71. The van der Waals surface area contributed by atoms with Crippen molar-refractivity contribution >= 4 is 39.5 Å². The number of nitro benzene ring substituents is 1. The van der Waals surface area contributed by atoms with E-state index in [0.29, 0.717) is 28.0 Å². The van der Waals surface area contributed by atoms with Crippen LogP contribution in [0.15, 0.2) is 95.8 Å². The van der Waals surface area contributed by atoms with Crippen LogP contribution in [-0.2, 0) is 0 Å². The monoisotopic (exact) mass is 419 g/mol. The molecule has 0 aliphatic heterocycles. The molecule has 5 rings (SSSR count).